The highest BCUT2D eigenvalue weighted by molar-refractivity contribution is 9.10. The minimum Gasteiger partial charge on any atom is -0.356 e. The molecule has 1 aromatic carbocycles. The first-order valence-electron chi connectivity index (χ1n) is 8.72. The maximum Gasteiger partial charge on any atom is 0.240 e. The van der Waals surface area contributed by atoms with Crippen LogP contribution < -0.4 is 10.0 Å². The molecule has 2 rings (SSSR count). The van der Waals surface area contributed by atoms with Crippen LogP contribution in [0.4, 0.5) is 0 Å². The summed E-state index contributed by atoms with van der Waals surface area (Å²) in [7, 11) is -3.57. The van der Waals surface area contributed by atoms with E-state index in [0.29, 0.717) is 6.54 Å². The summed E-state index contributed by atoms with van der Waals surface area (Å²) < 4.78 is 27.5. The number of piperidine rings is 1. The van der Waals surface area contributed by atoms with E-state index in [1.165, 1.54) is 31.4 Å². The number of benzene rings is 1. The lowest BCUT2D eigenvalue weighted by molar-refractivity contribution is -0.120. The molecular weight excluding hydrogens is 406 g/mol. The quantitative estimate of drug-likeness (QED) is 0.586. The number of nitrogens with one attached hydrogen (secondary N) is 2. The summed E-state index contributed by atoms with van der Waals surface area (Å²) in [5.74, 6) is -0.128. The van der Waals surface area contributed by atoms with Crippen molar-refractivity contribution in [2.75, 3.05) is 32.7 Å². The van der Waals surface area contributed by atoms with E-state index in [-0.39, 0.29) is 23.8 Å². The van der Waals surface area contributed by atoms with E-state index in [9.17, 15) is 13.2 Å². The average molecular weight is 432 g/mol. The largest absolute Gasteiger partial charge is 0.356 e. The van der Waals surface area contributed by atoms with E-state index in [2.05, 4.69) is 30.9 Å². The summed E-state index contributed by atoms with van der Waals surface area (Å²) in [4.78, 5) is 14.4. The van der Waals surface area contributed by atoms with Gasteiger partial charge in [0.05, 0.1) is 4.90 Å². The van der Waals surface area contributed by atoms with Gasteiger partial charge in [0.2, 0.25) is 15.9 Å². The van der Waals surface area contributed by atoms with Crippen LogP contribution in [-0.4, -0.2) is 51.9 Å². The van der Waals surface area contributed by atoms with Crippen molar-refractivity contribution >= 4 is 31.9 Å². The minimum atomic E-state index is -3.57. The number of amides is 1. The molecule has 1 fully saturated rings. The number of nitrogens with zero attached hydrogens (tertiary/aromatic N) is 1. The predicted octanol–water partition coefficient (Wildman–Crippen LogP) is 2.11. The van der Waals surface area contributed by atoms with Crippen LogP contribution in [0.15, 0.2) is 33.6 Å². The number of carbonyl (C=O) groups excluding carboxylic acids is 1. The number of hydrogen-bond donors (Lipinski definition) is 2. The highest BCUT2D eigenvalue weighted by Crippen LogP contribution is 2.14. The fraction of sp³-hybridized carbons (Fsp3) is 0.588. The van der Waals surface area contributed by atoms with Crippen LogP contribution in [0.5, 0.6) is 0 Å². The van der Waals surface area contributed by atoms with Gasteiger partial charge in [-0.15, -0.1) is 0 Å². The van der Waals surface area contributed by atoms with Gasteiger partial charge in [-0.05, 0) is 63.2 Å². The molecule has 0 spiro atoms. The maximum atomic E-state index is 12.1. The van der Waals surface area contributed by atoms with Crippen LogP contribution in [0.3, 0.4) is 0 Å². The van der Waals surface area contributed by atoms with Crippen LogP contribution in [0.1, 0.15) is 32.1 Å². The number of halogens is 1. The topological polar surface area (TPSA) is 78.5 Å². The molecule has 25 heavy (non-hydrogen) atoms. The van der Waals surface area contributed by atoms with Crippen molar-refractivity contribution < 1.29 is 13.2 Å². The monoisotopic (exact) mass is 431 g/mol. The fourth-order valence-corrected chi connectivity index (χ4v) is 4.09. The van der Waals surface area contributed by atoms with E-state index >= 15 is 0 Å². The molecule has 6 nitrogen and oxygen atoms in total. The highest BCUT2D eigenvalue weighted by atomic mass is 79.9. The van der Waals surface area contributed by atoms with Gasteiger partial charge in [0.15, 0.2) is 0 Å². The summed E-state index contributed by atoms with van der Waals surface area (Å²) in [5.41, 5.74) is 0. The molecule has 1 aliphatic rings. The minimum absolute atomic E-state index is 0.0936. The number of rotatable bonds is 9. The van der Waals surface area contributed by atoms with Crippen LogP contribution in [0.2, 0.25) is 0 Å². The molecule has 1 heterocycles. The van der Waals surface area contributed by atoms with E-state index in [1.807, 2.05) is 0 Å². The molecule has 1 aromatic rings. The molecule has 0 unspecified atom stereocenters. The van der Waals surface area contributed by atoms with Crippen molar-refractivity contribution in [2.24, 2.45) is 0 Å². The van der Waals surface area contributed by atoms with Crippen LogP contribution >= 0.6 is 15.9 Å². The molecule has 0 aliphatic carbocycles. The summed E-state index contributed by atoms with van der Waals surface area (Å²) in [6, 6.07) is 6.38. The Kier molecular flexibility index (Phi) is 8.35. The summed E-state index contributed by atoms with van der Waals surface area (Å²) in [6.45, 7) is 4.05. The van der Waals surface area contributed by atoms with Gasteiger partial charge in [0.1, 0.15) is 0 Å². The third kappa shape index (κ3) is 7.43. The zero-order chi connectivity index (χ0) is 18.1. The molecule has 2 N–H and O–H groups in total. The lowest BCUT2D eigenvalue weighted by Crippen LogP contribution is -2.34. The molecule has 140 valence electrons. The molecule has 0 atom stereocenters. The van der Waals surface area contributed by atoms with E-state index in [4.69, 9.17) is 0 Å². The lowest BCUT2D eigenvalue weighted by atomic mass is 10.1. The Morgan fingerprint density at radius 2 is 1.76 bits per heavy atom. The Hall–Kier alpha value is -0.960. The van der Waals surface area contributed by atoms with Crippen LogP contribution in [0.25, 0.3) is 0 Å². The first kappa shape index (κ1) is 20.4. The Balaban J connectivity index is 1.60. The van der Waals surface area contributed by atoms with Crippen molar-refractivity contribution in [1.82, 2.24) is 14.9 Å². The van der Waals surface area contributed by atoms with Crippen molar-refractivity contribution in [1.29, 1.82) is 0 Å². The fourth-order valence-electron chi connectivity index (χ4n) is 2.80. The smallest absolute Gasteiger partial charge is 0.240 e. The molecule has 1 saturated heterocycles. The van der Waals surface area contributed by atoms with E-state index in [0.717, 1.165) is 30.5 Å². The van der Waals surface area contributed by atoms with Crippen LogP contribution in [-0.2, 0) is 14.8 Å². The SMILES string of the molecule is O=C(CCNS(=O)(=O)c1ccc(Br)cc1)NCCCN1CCCCC1. The zero-order valence-electron chi connectivity index (χ0n) is 14.3. The van der Waals surface area contributed by atoms with Gasteiger partial charge in [-0.2, -0.15) is 0 Å². The number of hydrogen-bond acceptors (Lipinski definition) is 4. The third-order valence-corrected chi connectivity index (χ3v) is 6.20. The Morgan fingerprint density at radius 3 is 2.44 bits per heavy atom. The van der Waals surface area contributed by atoms with Crippen LogP contribution in [0, 0.1) is 0 Å². The molecule has 0 bridgehead atoms. The second-order valence-electron chi connectivity index (χ2n) is 6.21. The Bertz CT molecular complexity index is 644. The van der Waals surface area contributed by atoms with Crippen molar-refractivity contribution in [2.45, 2.75) is 37.0 Å². The Labute approximate surface area is 158 Å². The molecule has 1 amide bonds. The number of likely N-dealkylation sites (tertiary alicyclic amines) is 1. The predicted molar refractivity (Wildman–Crippen MR) is 102 cm³/mol. The van der Waals surface area contributed by atoms with Crippen molar-refractivity contribution in [3.8, 4) is 0 Å². The standard InChI is InChI=1S/C17H26BrN3O3S/c18-15-5-7-16(8-6-15)25(23,24)20-11-9-17(22)19-10-4-14-21-12-2-1-3-13-21/h5-8,20H,1-4,9-14H2,(H,19,22). The van der Waals surface area contributed by atoms with E-state index in [1.54, 1.807) is 12.1 Å². The molecule has 0 aromatic heterocycles. The van der Waals surface area contributed by atoms with Gasteiger partial charge in [-0.25, -0.2) is 13.1 Å². The van der Waals surface area contributed by atoms with E-state index < -0.39 is 10.0 Å². The summed E-state index contributed by atoms with van der Waals surface area (Å²) in [5, 5.41) is 2.85. The van der Waals surface area contributed by atoms with Crippen molar-refractivity contribution in [3.05, 3.63) is 28.7 Å². The molecule has 0 radical (unpaired) electrons. The molecule has 8 heteroatoms. The first-order valence-corrected chi connectivity index (χ1v) is 11.0. The number of sulfonamides is 1. The second-order valence-corrected chi connectivity index (χ2v) is 8.89. The third-order valence-electron chi connectivity index (χ3n) is 4.19. The van der Waals surface area contributed by atoms with Gasteiger partial charge in [0.25, 0.3) is 0 Å². The number of carbonyl (C=O) groups is 1. The van der Waals surface area contributed by atoms with Gasteiger partial charge < -0.3 is 10.2 Å². The lowest BCUT2D eigenvalue weighted by Gasteiger charge is -2.26. The average Bonchev–Trinajstić information content (AvgIpc) is 2.60. The Morgan fingerprint density at radius 1 is 1.08 bits per heavy atom. The zero-order valence-corrected chi connectivity index (χ0v) is 16.7. The molecule has 1 aliphatic heterocycles. The first-order chi connectivity index (χ1) is 12.0. The molecule has 0 saturated carbocycles. The van der Waals surface area contributed by atoms with Gasteiger partial charge in [-0.1, -0.05) is 22.4 Å². The van der Waals surface area contributed by atoms with Gasteiger partial charge >= 0.3 is 0 Å². The maximum absolute atomic E-state index is 12.1. The van der Waals surface area contributed by atoms with Gasteiger partial charge in [-0.3, -0.25) is 4.79 Å². The second kappa shape index (κ2) is 10.3. The summed E-state index contributed by atoms with van der Waals surface area (Å²) in [6.07, 6.45) is 4.93. The summed E-state index contributed by atoms with van der Waals surface area (Å²) >= 11 is 3.27. The highest BCUT2D eigenvalue weighted by Gasteiger charge is 2.14. The molecular formula is C17H26BrN3O3S. The normalized spacial score (nSPS) is 15.9. The van der Waals surface area contributed by atoms with Gasteiger partial charge in [0, 0.05) is 24.0 Å². The van der Waals surface area contributed by atoms with Crippen molar-refractivity contribution in [3.63, 3.8) is 0 Å².